The van der Waals surface area contributed by atoms with E-state index in [1.165, 1.54) is 6.92 Å². The normalized spacial score (nSPS) is 20.5. The van der Waals surface area contributed by atoms with Gasteiger partial charge in [0.1, 0.15) is 5.75 Å². The van der Waals surface area contributed by atoms with Gasteiger partial charge >= 0.3 is 0 Å². The number of Topliss-reactive ketones (excluding diaryl/α,β-unsaturated/α-hetero) is 1. The van der Waals surface area contributed by atoms with Crippen molar-refractivity contribution in [1.82, 2.24) is 4.90 Å². The fourth-order valence-corrected chi connectivity index (χ4v) is 2.63. The average Bonchev–Trinajstić information content (AvgIpc) is 2.47. The Bertz CT molecular complexity index is 569. The SMILES string of the molecule is CC(=O)c1cccc(OCC(=O)N2CCC(N)C(C)(C)C2)c1. The molecule has 0 aliphatic carbocycles. The molecule has 1 aromatic rings. The van der Waals surface area contributed by atoms with Gasteiger partial charge in [-0.15, -0.1) is 0 Å². The average molecular weight is 304 g/mol. The number of rotatable bonds is 4. The lowest BCUT2D eigenvalue weighted by atomic mass is 9.80. The Morgan fingerprint density at radius 3 is 2.77 bits per heavy atom. The van der Waals surface area contributed by atoms with E-state index in [0.29, 0.717) is 24.4 Å². The number of ether oxygens (including phenoxy) is 1. The molecule has 120 valence electrons. The van der Waals surface area contributed by atoms with Gasteiger partial charge in [-0.2, -0.15) is 0 Å². The molecule has 1 aliphatic heterocycles. The van der Waals surface area contributed by atoms with Crippen LogP contribution in [-0.4, -0.2) is 42.3 Å². The Labute approximate surface area is 131 Å². The second-order valence-corrected chi connectivity index (χ2v) is 6.57. The van der Waals surface area contributed by atoms with E-state index in [2.05, 4.69) is 13.8 Å². The largest absolute Gasteiger partial charge is 0.484 e. The summed E-state index contributed by atoms with van der Waals surface area (Å²) in [5.41, 5.74) is 6.58. The molecule has 22 heavy (non-hydrogen) atoms. The van der Waals surface area contributed by atoms with Crippen LogP contribution in [0.3, 0.4) is 0 Å². The first-order valence-electron chi connectivity index (χ1n) is 7.57. The molecule has 1 unspecified atom stereocenters. The summed E-state index contributed by atoms with van der Waals surface area (Å²) in [6, 6.07) is 7.00. The van der Waals surface area contributed by atoms with Crippen LogP contribution in [-0.2, 0) is 4.79 Å². The van der Waals surface area contributed by atoms with Crippen molar-refractivity contribution >= 4 is 11.7 Å². The Morgan fingerprint density at radius 2 is 2.14 bits per heavy atom. The Morgan fingerprint density at radius 1 is 1.41 bits per heavy atom. The van der Waals surface area contributed by atoms with Crippen LogP contribution >= 0.6 is 0 Å². The van der Waals surface area contributed by atoms with Crippen molar-refractivity contribution in [3.63, 3.8) is 0 Å². The van der Waals surface area contributed by atoms with Gasteiger partial charge in [0.2, 0.25) is 0 Å². The zero-order valence-corrected chi connectivity index (χ0v) is 13.5. The van der Waals surface area contributed by atoms with Gasteiger partial charge in [-0.1, -0.05) is 26.0 Å². The van der Waals surface area contributed by atoms with Gasteiger partial charge in [-0.05, 0) is 30.9 Å². The van der Waals surface area contributed by atoms with Gasteiger partial charge in [-0.3, -0.25) is 9.59 Å². The third kappa shape index (κ3) is 3.85. The Hall–Kier alpha value is -1.88. The van der Waals surface area contributed by atoms with Gasteiger partial charge in [0.15, 0.2) is 12.4 Å². The minimum absolute atomic E-state index is 0.0212. The summed E-state index contributed by atoms with van der Waals surface area (Å²) in [4.78, 5) is 25.4. The summed E-state index contributed by atoms with van der Waals surface area (Å²) in [5.74, 6) is 0.464. The van der Waals surface area contributed by atoms with Crippen molar-refractivity contribution in [3.05, 3.63) is 29.8 Å². The fourth-order valence-electron chi connectivity index (χ4n) is 2.63. The van der Waals surface area contributed by atoms with E-state index in [9.17, 15) is 9.59 Å². The number of hydrogen-bond acceptors (Lipinski definition) is 4. The molecular weight excluding hydrogens is 280 g/mol. The number of nitrogens with zero attached hydrogens (tertiary/aromatic N) is 1. The zero-order valence-electron chi connectivity index (χ0n) is 13.5. The summed E-state index contributed by atoms with van der Waals surface area (Å²) in [6.07, 6.45) is 0.804. The number of benzene rings is 1. The number of likely N-dealkylation sites (tertiary alicyclic amines) is 1. The van der Waals surface area contributed by atoms with Crippen molar-refractivity contribution < 1.29 is 14.3 Å². The number of carbonyl (C=O) groups is 2. The molecule has 1 aromatic carbocycles. The second-order valence-electron chi connectivity index (χ2n) is 6.57. The quantitative estimate of drug-likeness (QED) is 0.862. The molecule has 0 aromatic heterocycles. The van der Waals surface area contributed by atoms with E-state index in [1.807, 2.05) is 0 Å². The van der Waals surface area contributed by atoms with E-state index in [1.54, 1.807) is 29.2 Å². The van der Waals surface area contributed by atoms with Gasteiger partial charge < -0.3 is 15.4 Å². The minimum atomic E-state index is -0.0809. The number of piperidine rings is 1. The van der Waals surface area contributed by atoms with E-state index >= 15 is 0 Å². The van der Waals surface area contributed by atoms with Crippen molar-refractivity contribution in [1.29, 1.82) is 0 Å². The standard InChI is InChI=1S/C17H24N2O3/c1-12(20)13-5-4-6-14(9-13)22-10-16(21)19-8-7-15(18)17(2,3)11-19/h4-6,9,15H,7-8,10-11,18H2,1-3H3. The van der Waals surface area contributed by atoms with Crippen LogP contribution in [0.25, 0.3) is 0 Å². The second kappa shape index (κ2) is 6.48. The highest BCUT2D eigenvalue weighted by Crippen LogP contribution is 2.27. The minimum Gasteiger partial charge on any atom is -0.484 e. The number of hydrogen-bond donors (Lipinski definition) is 1. The number of amides is 1. The topological polar surface area (TPSA) is 72.6 Å². The lowest BCUT2D eigenvalue weighted by Crippen LogP contribution is -2.54. The maximum absolute atomic E-state index is 12.3. The number of carbonyl (C=O) groups excluding carboxylic acids is 2. The highest BCUT2D eigenvalue weighted by atomic mass is 16.5. The van der Waals surface area contributed by atoms with E-state index < -0.39 is 0 Å². The van der Waals surface area contributed by atoms with Crippen LogP contribution in [0.15, 0.2) is 24.3 Å². The Balaban J connectivity index is 1.93. The third-order valence-corrected chi connectivity index (χ3v) is 4.27. The molecule has 1 aliphatic rings. The Kier molecular flexibility index (Phi) is 4.86. The van der Waals surface area contributed by atoms with Crippen LogP contribution in [0, 0.1) is 5.41 Å². The molecule has 0 radical (unpaired) electrons. The fraction of sp³-hybridized carbons (Fsp3) is 0.529. The first kappa shape index (κ1) is 16.5. The molecule has 0 saturated carbocycles. The van der Waals surface area contributed by atoms with E-state index in [4.69, 9.17) is 10.5 Å². The smallest absolute Gasteiger partial charge is 0.260 e. The summed E-state index contributed by atoms with van der Waals surface area (Å²) < 4.78 is 5.53. The zero-order chi connectivity index (χ0) is 16.3. The lowest BCUT2D eigenvalue weighted by molar-refractivity contribution is -0.136. The van der Waals surface area contributed by atoms with Crippen molar-refractivity contribution in [2.75, 3.05) is 19.7 Å². The molecule has 1 fully saturated rings. The molecular formula is C17H24N2O3. The van der Waals surface area contributed by atoms with E-state index in [0.717, 1.165) is 6.42 Å². The van der Waals surface area contributed by atoms with Crippen molar-refractivity contribution in [3.8, 4) is 5.75 Å². The summed E-state index contributed by atoms with van der Waals surface area (Å²) in [7, 11) is 0. The monoisotopic (exact) mass is 304 g/mol. The van der Waals surface area contributed by atoms with Crippen LogP contribution < -0.4 is 10.5 Å². The van der Waals surface area contributed by atoms with Crippen LogP contribution in [0.1, 0.15) is 37.6 Å². The summed E-state index contributed by atoms with van der Waals surface area (Å²) in [5, 5.41) is 0. The van der Waals surface area contributed by atoms with Crippen LogP contribution in [0.5, 0.6) is 5.75 Å². The number of nitrogens with two attached hydrogens (primary N) is 1. The van der Waals surface area contributed by atoms with Gasteiger partial charge in [0.25, 0.3) is 5.91 Å². The number of ketones is 1. The molecule has 2 N–H and O–H groups in total. The lowest BCUT2D eigenvalue weighted by Gasteiger charge is -2.42. The van der Waals surface area contributed by atoms with Crippen LogP contribution in [0.4, 0.5) is 0 Å². The summed E-state index contributed by atoms with van der Waals surface area (Å²) >= 11 is 0. The third-order valence-electron chi connectivity index (χ3n) is 4.27. The maximum atomic E-state index is 12.3. The molecule has 0 spiro atoms. The van der Waals surface area contributed by atoms with Gasteiger partial charge in [-0.25, -0.2) is 0 Å². The molecule has 2 rings (SSSR count). The van der Waals surface area contributed by atoms with E-state index in [-0.39, 0.29) is 29.8 Å². The molecule has 1 atom stereocenters. The predicted molar refractivity (Wildman–Crippen MR) is 84.9 cm³/mol. The first-order chi connectivity index (χ1) is 10.3. The molecule has 1 saturated heterocycles. The van der Waals surface area contributed by atoms with Crippen molar-refractivity contribution in [2.45, 2.75) is 33.2 Å². The summed E-state index contributed by atoms with van der Waals surface area (Å²) in [6.45, 7) is 6.95. The highest BCUT2D eigenvalue weighted by molar-refractivity contribution is 5.94. The van der Waals surface area contributed by atoms with Crippen LogP contribution in [0.2, 0.25) is 0 Å². The van der Waals surface area contributed by atoms with Gasteiger partial charge in [0.05, 0.1) is 0 Å². The van der Waals surface area contributed by atoms with Crippen molar-refractivity contribution in [2.24, 2.45) is 11.1 Å². The predicted octanol–water partition coefficient (Wildman–Crippen LogP) is 1.85. The molecule has 1 amide bonds. The van der Waals surface area contributed by atoms with Gasteiger partial charge in [0, 0.05) is 24.7 Å². The maximum Gasteiger partial charge on any atom is 0.260 e. The molecule has 5 nitrogen and oxygen atoms in total. The molecule has 1 heterocycles. The highest BCUT2D eigenvalue weighted by Gasteiger charge is 2.35. The molecule has 0 bridgehead atoms. The first-order valence-corrected chi connectivity index (χ1v) is 7.57. The molecule has 5 heteroatoms.